The molecule has 0 saturated carbocycles. The highest BCUT2D eigenvalue weighted by Crippen LogP contribution is 2.34. The lowest BCUT2D eigenvalue weighted by Gasteiger charge is -2.29. The largest absolute Gasteiger partial charge is 0.0651 e. The highest BCUT2D eigenvalue weighted by molar-refractivity contribution is 4.73. The Labute approximate surface area is 136 Å². The summed E-state index contributed by atoms with van der Waals surface area (Å²) in [5.74, 6) is 3.58. The first kappa shape index (κ1) is 21.0. The SMILES string of the molecule is CCC(C(C)C)C(C)CCCC(C)CCC(C)(CC)CC. The van der Waals surface area contributed by atoms with Gasteiger partial charge < -0.3 is 0 Å². The van der Waals surface area contributed by atoms with E-state index in [1.165, 1.54) is 51.4 Å². The zero-order valence-electron chi connectivity index (χ0n) is 16.5. The minimum atomic E-state index is 0.590. The van der Waals surface area contributed by atoms with Crippen LogP contribution >= 0.6 is 0 Å². The average Bonchev–Trinajstić information content (AvgIpc) is 2.45. The average molecular weight is 297 g/mol. The lowest BCUT2D eigenvalue weighted by molar-refractivity contribution is 0.228. The van der Waals surface area contributed by atoms with E-state index >= 15 is 0 Å². The molecule has 128 valence electrons. The summed E-state index contributed by atoms with van der Waals surface area (Å²) < 4.78 is 0. The molecular formula is C21H44. The molecule has 0 aromatic rings. The first-order valence-electron chi connectivity index (χ1n) is 9.79. The van der Waals surface area contributed by atoms with Crippen LogP contribution in [-0.4, -0.2) is 0 Å². The van der Waals surface area contributed by atoms with Crippen LogP contribution < -0.4 is 0 Å². The summed E-state index contributed by atoms with van der Waals surface area (Å²) >= 11 is 0. The van der Waals surface area contributed by atoms with Gasteiger partial charge in [0, 0.05) is 0 Å². The molecule has 0 N–H and O–H groups in total. The van der Waals surface area contributed by atoms with E-state index in [9.17, 15) is 0 Å². The minimum absolute atomic E-state index is 0.590. The summed E-state index contributed by atoms with van der Waals surface area (Å²) in [4.78, 5) is 0. The van der Waals surface area contributed by atoms with Crippen molar-refractivity contribution in [2.75, 3.05) is 0 Å². The Hall–Kier alpha value is 0. The zero-order valence-corrected chi connectivity index (χ0v) is 16.5. The third-order valence-corrected chi connectivity index (χ3v) is 6.36. The molecule has 0 fully saturated rings. The molecule has 0 spiro atoms. The van der Waals surface area contributed by atoms with Crippen molar-refractivity contribution in [3.05, 3.63) is 0 Å². The van der Waals surface area contributed by atoms with E-state index in [2.05, 4.69) is 55.4 Å². The van der Waals surface area contributed by atoms with E-state index in [1.54, 1.807) is 0 Å². The monoisotopic (exact) mass is 296 g/mol. The molecule has 0 saturated heterocycles. The highest BCUT2D eigenvalue weighted by Gasteiger charge is 2.21. The predicted octanol–water partition coefficient (Wildman–Crippen LogP) is 7.72. The van der Waals surface area contributed by atoms with Gasteiger partial charge in [-0.3, -0.25) is 0 Å². The van der Waals surface area contributed by atoms with Gasteiger partial charge in [0.15, 0.2) is 0 Å². The van der Waals surface area contributed by atoms with Gasteiger partial charge in [0.1, 0.15) is 0 Å². The fourth-order valence-electron chi connectivity index (χ4n) is 3.88. The van der Waals surface area contributed by atoms with E-state index in [0.717, 1.165) is 23.7 Å². The zero-order chi connectivity index (χ0) is 16.5. The van der Waals surface area contributed by atoms with Crippen molar-refractivity contribution in [1.29, 1.82) is 0 Å². The molecule has 0 aliphatic rings. The quantitative estimate of drug-likeness (QED) is 0.346. The maximum absolute atomic E-state index is 2.48. The molecule has 3 atom stereocenters. The molecule has 0 heterocycles. The van der Waals surface area contributed by atoms with E-state index < -0.39 is 0 Å². The van der Waals surface area contributed by atoms with Gasteiger partial charge in [0.2, 0.25) is 0 Å². The first-order valence-corrected chi connectivity index (χ1v) is 9.79. The molecule has 0 aromatic heterocycles. The molecule has 0 aromatic carbocycles. The summed E-state index contributed by atoms with van der Waals surface area (Å²) in [6, 6.07) is 0. The first-order chi connectivity index (χ1) is 9.79. The summed E-state index contributed by atoms with van der Waals surface area (Å²) in [5.41, 5.74) is 0.590. The van der Waals surface area contributed by atoms with Gasteiger partial charge in [0.25, 0.3) is 0 Å². The van der Waals surface area contributed by atoms with Gasteiger partial charge >= 0.3 is 0 Å². The van der Waals surface area contributed by atoms with Crippen LogP contribution in [-0.2, 0) is 0 Å². The molecule has 0 rings (SSSR count). The van der Waals surface area contributed by atoms with Gasteiger partial charge in [-0.05, 0) is 35.5 Å². The smallest absolute Gasteiger partial charge is 0.0331 e. The van der Waals surface area contributed by atoms with Gasteiger partial charge in [-0.15, -0.1) is 0 Å². The Balaban J connectivity index is 3.96. The predicted molar refractivity (Wildman–Crippen MR) is 98.7 cm³/mol. The minimum Gasteiger partial charge on any atom is -0.0651 e. The fraction of sp³-hybridized carbons (Fsp3) is 1.00. The van der Waals surface area contributed by atoms with E-state index in [4.69, 9.17) is 0 Å². The van der Waals surface area contributed by atoms with Crippen LogP contribution in [0.4, 0.5) is 0 Å². The van der Waals surface area contributed by atoms with Crippen LogP contribution in [0.5, 0.6) is 0 Å². The van der Waals surface area contributed by atoms with E-state index in [1.807, 2.05) is 0 Å². The van der Waals surface area contributed by atoms with Crippen molar-refractivity contribution >= 4 is 0 Å². The third kappa shape index (κ3) is 8.27. The van der Waals surface area contributed by atoms with Crippen LogP contribution in [0.25, 0.3) is 0 Å². The molecule has 0 heteroatoms. The van der Waals surface area contributed by atoms with Crippen LogP contribution in [0.1, 0.15) is 107 Å². The summed E-state index contributed by atoms with van der Waals surface area (Å²) in [5, 5.41) is 0. The fourth-order valence-corrected chi connectivity index (χ4v) is 3.88. The van der Waals surface area contributed by atoms with Crippen LogP contribution in [0.2, 0.25) is 0 Å². The van der Waals surface area contributed by atoms with Crippen molar-refractivity contribution in [1.82, 2.24) is 0 Å². The standard InChI is InChI=1S/C21H44/c1-9-20(17(4)5)19(7)14-12-13-18(6)15-16-21(8,10-2)11-3/h17-20H,9-16H2,1-8H3. The molecule has 0 aliphatic heterocycles. The molecular weight excluding hydrogens is 252 g/mol. The van der Waals surface area contributed by atoms with Crippen molar-refractivity contribution < 1.29 is 0 Å². The van der Waals surface area contributed by atoms with Crippen LogP contribution in [0, 0.1) is 29.1 Å². The number of hydrogen-bond acceptors (Lipinski definition) is 0. The lowest BCUT2D eigenvalue weighted by Crippen LogP contribution is -2.17. The highest BCUT2D eigenvalue weighted by atomic mass is 14.3. The number of rotatable bonds is 12. The maximum atomic E-state index is 2.48. The van der Waals surface area contributed by atoms with Crippen molar-refractivity contribution in [3.8, 4) is 0 Å². The van der Waals surface area contributed by atoms with Crippen molar-refractivity contribution in [2.45, 2.75) is 107 Å². The Morgan fingerprint density at radius 2 is 1.38 bits per heavy atom. The van der Waals surface area contributed by atoms with E-state index in [-0.39, 0.29) is 0 Å². The molecule has 0 amide bonds. The number of hydrogen-bond donors (Lipinski definition) is 0. The molecule has 3 unspecified atom stereocenters. The summed E-state index contributed by atoms with van der Waals surface area (Å²) in [6.07, 6.45) is 11.1. The maximum Gasteiger partial charge on any atom is -0.0331 e. The third-order valence-electron chi connectivity index (χ3n) is 6.36. The lowest BCUT2D eigenvalue weighted by atomic mass is 9.77. The van der Waals surface area contributed by atoms with Crippen LogP contribution in [0.3, 0.4) is 0 Å². The summed E-state index contributed by atoms with van der Waals surface area (Å²) in [6.45, 7) is 19.3. The van der Waals surface area contributed by atoms with Crippen molar-refractivity contribution in [3.63, 3.8) is 0 Å². The Bertz CT molecular complexity index is 236. The Morgan fingerprint density at radius 3 is 1.81 bits per heavy atom. The summed E-state index contributed by atoms with van der Waals surface area (Å²) in [7, 11) is 0. The van der Waals surface area contributed by atoms with Gasteiger partial charge in [-0.1, -0.05) is 100 Å². The second-order valence-electron chi connectivity index (χ2n) is 8.39. The normalized spacial score (nSPS) is 17.0. The topological polar surface area (TPSA) is 0 Å². The second-order valence-corrected chi connectivity index (χ2v) is 8.39. The van der Waals surface area contributed by atoms with Crippen molar-refractivity contribution in [2.24, 2.45) is 29.1 Å². The van der Waals surface area contributed by atoms with Gasteiger partial charge in [-0.2, -0.15) is 0 Å². The second kappa shape index (κ2) is 10.7. The molecule has 0 nitrogen and oxygen atoms in total. The Morgan fingerprint density at radius 1 is 0.810 bits per heavy atom. The molecule has 0 bridgehead atoms. The molecule has 0 radical (unpaired) electrons. The van der Waals surface area contributed by atoms with Gasteiger partial charge in [-0.25, -0.2) is 0 Å². The van der Waals surface area contributed by atoms with Gasteiger partial charge in [0.05, 0.1) is 0 Å². The van der Waals surface area contributed by atoms with E-state index in [0.29, 0.717) is 5.41 Å². The Kier molecular flexibility index (Phi) is 10.7. The molecule has 0 aliphatic carbocycles. The van der Waals surface area contributed by atoms with Crippen LogP contribution in [0.15, 0.2) is 0 Å². The molecule has 21 heavy (non-hydrogen) atoms.